The molecule has 0 saturated carbocycles. The average Bonchev–Trinajstić information content (AvgIpc) is 3.12. The van der Waals surface area contributed by atoms with Crippen molar-refractivity contribution in [3.05, 3.63) is 80.6 Å². The van der Waals surface area contributed by atoms with Crippen LogP contribution >= 0.6 is 27.7 Å². The number of rotatable bonds is 10. The third-order valence-electron chi connectivity index (χ3n) is 4.62. The van der Waals surface area contributed by atoms with E-state index in [9.17, 15) is 10.1 Å². The lowest BCUT2D eigenvalue weighted by Crippen LogP contribution is -2.12. The van der Waals surface area contributed by atoms with E-state index in [1.54, 1.807) is 12.1 Å². The lowest BCUT2D eigenvalue weighted by molar-refractivity contribution is -0.479. The van der Waals surface area contributed by atoms with Gasteiger partial charge in [0, 0.05) is 10.6 Å². The topological polar surface area (TPSA) is 92.3 Å². The third-order valence-corrected chi connectivity index (χ3v) is 6.39. The van der Waals surface area contributed by atoms with Crippen LogP contribution in [0.3, 0.4) is 0 Å². The van der Waals surface area contributed by atoms with Gasteiger partial charge >= 0.3 is 0 Å². The van der Waals surface area contributed by atoms with E-state index >= 15 is 0 Å². The summed E-state index contributed by atoms with van der Waals surface area (Å²) >= 11 is 4.78. The maximum absolute atomic E-state index is 11.5. The lowest BCUT2D eigenvalue weighted by atomic mass is 10.1. The van der Waals surface area contributed by atoms with Crippen molar-refractivity contribution in [2.24, 2.45) is 0 Å². The Labute approximate surface area is 198 Å². The standard InChI is InChI=1S/C22H23BrN4O4S/c1-5-10-31-21-18(23)11-16(12-19(21)30-4)20(13-26(28)29)32-22-25-24-15(3)27(22)17-8-6-14(2)7-9-17/h5-9,11-12,20H,1,10,13H2,2-4H3/t20-/m0/s1. The number of thioether (sulfide) groups is 1. The first kappa shape index (κ1) is 23.8. The number of nitrogens with zero attached hydrogens (tertiary/aromatic N) is 4. The Balaban J connectivity index is 2.01. The van der Waals surface area contributed by atoms with Crippen molar-refractivity contribution < 1.29 is 14.4 Å². The molecule has 0 radical (unpaired) electrons. The molecule has 0 amide bonds. The number of ether oxygens (including phenoxy) is 2. The van der Waals surface area contributed by atoms with Gasteiger partial charge in [0.1, 0.15) is 17.7 Å². The quantitative estimate of drug-likeness (QED) is 0.155. The molecule has 168 valence electrons. The van der Waals surface area contributed by atoms with Crippen LogP contribution in [-0.4, -0.2) is 39.9 Å². The predicted octanol–water partition coefficient (Wildman–Crippen LogP) is 5.33. The van der Waals surface area contributed by atoms with Crippen molar-refractivity contribution in [1.29, 1.82) is 0 Å². The van der Waals surface area contributed by atoms with Crippen LogP contribution in [-0.2, 0) is 0 Å². The van der Waals surface area contributed by atoms with E-state index < -0.39 is 5.25 Å². The highest BCUT2D eigenvalue weighted by Crippen LogP contribution is 2.43. The molecular formula is C22H23BrN4O4S. The van der Waals surface area contributed by atoms with Gasteiger partial charge in [-0.2, -0.15) is 0 Å². The Hall–Kier alpha value is -2.85. The van der Waals surface area contributed by atoms with Crippen LogP contribution in [0.15, 0.2) is 58.7 Å². The van der Waals surface area contributed by atoms with Crippen LogP contribution in [0.1, 0.15) is 22.2 Å². The molecule has 0 aliphatic heterocycles. The zero-order chi connectivity index (χ0) is 23.3. The number of hydrogen-bond acceptors (Lipinski definition) is 7. The summed E-state index contributed by atoms with van der Waals surface area (Å²) in [6.45, 7) is 7.52. The number of halogens is 1. The second-order valence-corrected chi connectivity index (χ2v) is 8.98. The summed E-state index contributed by atoms with van der Waals surface area (Å²) in [5.41, 5.74) is 2.74. The van der Waals surface area contributed by atoms with E-state index in [2.05, 4.69) is 32.7 Å². The molecule has 10 heteroatoms. The molecule has 0 aliphatic carbocycles. The first-order valence-corrected chi connectivity index (χ1v) is 11.4. The number of hydrogen-bond donors (Lipinski definition) is 0. The van der Waals surface area contributed by atoms with E-state index in [1.165, 1.54) is 18.9 Å². The lowest BCUT2D eigenvalue weighted by Gasteiger charge is -2.18. The van der Waals surface area contributed by atoms with Crippen LogP contribution in [0.4, 0.5) is 0 Å². The van der Waals surface area contributed by atoms with Gasteiger partial charge < -0.3 is 9.47 Å². The van der Waals surface area contributed by atoms with Gasteiger partial charge in [0.15, 0.2) is 16.7 Å². The molecule has 8 nitrogen and oxygen atoms in total. The van der Waals surface area contributed by atoms with Crippen LogP contribution in [0.5, 0.6) is 11.5 Å². The monoisotopic (exact) mass is 518 g/mol. The minimum Gasteiger partial charge on any atom is -0.493 e. The van der Waals surface area contributed by atoms with E-state index in [-0.39, 0.29) is 11.5 Å². The molecule has 0 fully saturated rings. The summed E-state index contributed by atoms with van der Waals surface area (Å²) in [4.78, 5) is 11.2. The molecule has 2 aromatic carbocycles. The fourth-order valence-electron chi connectivity index (χ4n) is 3.09. The number of benzene rings is 2. The molecule has 0 aliphatic rings. The minimum atomic E-state index is -0.531. The van der Waals surface area contributed by atoms with Gasteiger partial charge in [0.2, 0.25) is 6.54 Å². The second-order valence-electron chi connectivity index (χ2n) is 6.96. The SMILES string of the molecule is C=CCOc1c(Br)cc([C@H](C[N+](=O)[O-])Sc2nnc(C)n2-c2ccc(C)cc2)cc1OC. The van der Waals surface area contributed by atoms with Gasteiger partial charge in [-0.25, -0.2) is 0 Å². The molecule has 32 heavy (non-hydrogen) atoms. The summed E-state index contributed by atoms with van der Waals surface area (Å²) in [6, 6.07) is 11.5. The maximum Gasteiger partial charge on any atom is 0.220 e. The molecule has 0 saturated heterocycles. The Morgan fingerprint density at radius 2 is 2.00 bits per heavy atom. The number of methoxy groups -OCH3 is 1. The molecular weight excluding hydrogens is 496 g/mol. The fraction of sp³-hybridized carbons (Fsp3) is 0.273. The van der Waals surface area contributed by atoms with Crippen LogP contribution in [0.2, 0.25) is 0 Å². The number of aryl methyl sites for hydroxylation is 2. The number of aromatic nitrogens is 3. The van der Waals surface area contributed by atoms with Crippen molar-refractivity contribution in [2.75, 3.05) is 20.3 Å². The molecule has 1 heterocycles. The van der Waals surface area contributed by atoms with E-state index in [0.29, 0.717) is 39.1 Å². The molecule has 1 atom stereocenters. The Morgan fingerprint density at radius 1 is 1.28 bits per heavy atom. The van der Waals surface area contributed by atoms with Gasteiger partial charge in [-0.1, -0.05) is 42.1 Å². The average molecular weight is 519 g/mol. The predicted molar refractivity (Wildman–Crippen MR) is 128 cm³/mol. The van der Waals surface area contributed by atoms with Crippen molar-refractivity contribution in [2.45, 2.75) is 24.3 Å². The molecule has 0 spiro atoms. The smallest absolute Gasteiger partial charge is 0.220 e. The van der Waals surface area contributed by atoms with Crippen molar-refractivity contribution >= 4 is 27.7 Å². The highest BCUT2D eigenvalue weighted by atomic mass is 79.9. The molecule has 0 bridgehead atoms. The van der Waals surface area contributed by atoms with Gasteiger partial charge in [-0.15, -0.1) is 10.2 Å². The zero-order valence-electron chi connectivity index (χ0n) is 17.9. The number of nitro groups is 1. The highest BCUT2D eigenvalue weighted by molar-refractivity contribution is 9.10. The minimum absolute atomic E-state index is 0.299. The second kappa shape index (κ2) is 10.6. The van der Waals surface area contributed by atoms with Gasteiger partial charge in [0.05, 0.1) is 11.6 Å². The van der Waals surface area contributed by atoms with E-state index in [0.717, 1.165) is 11.3 Å². The molecule has 3 rings (SSSR count). The molecule has 1 aromatic heterocycles. The van der Waals surface area contributed by atoms with E-state index in [4.69, 9.17) is 9.47 Å². The summed E-state index contributed by atoms with van der Waals surface area (Å²) in [5.74, 6) is 1.68. The van der Waals surface area contributed by atoms with Gasteiger partial charge in [-0.3, -0.25) is 14.7 Å². The summed E-state index contributed by atoms with van der Waals surface area (Å²) in [5, 5.41) is 20.0. The largest absolute Gasteiger partial charge is 0.493 e. The van der Waals surface area contributed by atoms with Gasteiger partial charge in [-0.05, 0) is 59.6 Å². The van der Waals surface area contributed by atoms with Crippen LogP contribution in [0.25, 0.3) is 5.69 Å². The first-order valence-electron chi connectivity index (χ1n) is 9.72. The maximum atomic E-state index is 11.5. The Kier molecular flexibility index (Phi) is 7.92. The Morgan fingerprint density at radius 3 is 2.62 bits per heavy atom. The third kappa shape index (κ3) is 5.49. The van der Waals surface area contributed by atoms with Crippen LogP contribution < -0.4 is 9.47 Å². The molecule has 0 N–H and O–H groups in total. The Bertz CT molecular complexity index is 1120. The summed E-state index contributed by atoms with van der Waals surface area (Å²) in [6.07, 6.45) is 1.63. The van der Waals surface area contributed by atoms with Crippen LogP contribution in [0, 0.1) is 24.0 Å². The first-order chi connectivity index (χ1) is 15.3. The van der Waals surface area contributed by atoms with Crippen molar-refractivity contribution in [1.82, 2.24) is 14.8 Å². The fourth-order valence-corrected chi connectivity index (χ4v) is 4.82. The molecule has 3 aromatic rings. The van der Waals surface area contributed by atoms with Crippen molar-refractivity contribution in [3.8, 4) is 17.2 Å². The normalized spacial score (nSPS) is 11.8. The summed E-state index contributed by atoms with van der Waals surface area (Å²) < 4.78 is 13.7. The highest BCUT2D eigenvalue weighted by Gasteiger charge is 2.26. The summed E-state index contributed by atoms with van der Waals surface area (Å²) in [7, 11) is 1.53. The van der Waals surface area contributed by atoms with Gasteiger partial charge in [0.25, 0.3) is 0 Å². The molecule has 0 unspecified atom stereocenters. The van der Waals surface area contributed by atoms with E-state index in [1.807, 2.05) is 48.7 Å². The zero-order valence-corrected chi connectivity index (χ0v) is 20.4. The van der Waals surface area contributed by atoms with Crippen molar-refractivity contribution in [3.63, 3.8) is 0 Å².